The van der Waals surface area contributed by atoms with Crippen molar-refractivity contribution in [3.63, 3.8) is 0 Å². The van der Waals surface area contributed by atoms with Gasteiger partial charge in [0.1, 0.15) is 5.82 Å². The lowest BCUT2D eigenvalue weighted by atomic mass is 10.1. The molecule has 1 aromatic heterocycles. The maximum atomic E-state index is 13.7. The molecule has 0 radical (unpaired) electrons. The first-order chi connectivity index (χ1) is 9.97. The summed E-state index contributed by atoms with van der Waals surface area (Å²) in [6.07, 6.45) is 0. The van der Waals surface area contributed by atoms with E-state index >= 15 is 0 Å². The van der Waals surface area contributed by atoms with Crippen LogP contribution in [0, 0.1) is 12.7 Å². The first-order valence-electron chi connectivity index (χ1n) is 6.72. The second-order valence-corrected chi connectivity index (χ2v) is 4.95. The minimum absolute atomic E-state index is 0.269. The fourth-order valence-corrected chi connectivity index (χ4v) is 2.02. The van der Waals surface area contributed by atoms with E-state index in [2.05, 4.69) is 15.8 Å². The lowest BCUT2D eigenvalue weighted by Crippen LogP contribution is -2.39. The highest BCUT2D eigenvalue weighted by atomic mass is 19.1. The van der Waals surface area contributed by atoms with Gasteiger partial charge in [0.25, 0.3) is 0 Å². The van der Waals surface area contributed by atoms with Gasteiger partial charge in [-0.1, -0.05) is 23.4 Å². The van der Waals surface area contributed by atoms with Gasteiger partial charge < -0.3 is 4.52 Å². The predicted molar refractivity (Wildman–Crippen MR) is 77.3 cm³/mol. The van der Waals surface area contributed by atoms with E-state index in [-0.39, 0.29) is 17.8 Å². The second kappa shape index (κ2) is 6.49. The average Bonchev–Trinajstić information content (AvgIpc) is 2.84. The molecule has 112 valence electrons. The van der Waals surface area contributed by atoms with Crippen molar-refractivity contribution in [1.82, 2.24) is 10.5 Å². The van der Waals surface area contributed by atoms with Crippen LogP contribution in [0.1, 0.15) is 31.1 Å². The van der Waals surface area contributed by atoms with Crippen LogP contribution in [-0.2, 0) is 4.79 Å². The number of hydrogen-bond donors (Lipinski definition) is 2. The summed E-state index contributed by atoms with van der Waals surface area (Å²) < 4.78 is 18.6. The molecule has 2 rings (SSSR count). The Morgan fingerprint density at radius 1 is 1.33 bits per heavy atom. The lowest BCUT2D eigenvalue weighted by Gasteiger charge is -2.19. The predicted octanol–water partition coefficient (Wildman–Crippen LogP) is 2.80. The molecule has 0 bridgehead atoms. The molecule has 2 aromatic rings. The Morgan fingerprint density at radius 2 is 2.05 bits per heavy atom. The van der Waals surface area contributed by atoms with Crippen molar-refractivity contribution >= 4 is 11.8 Å². The number of aryl methyl sites for hydroxylation is 1. The number of rotatable bonds is 5. The van der Waals surface area contributed by atoms with Crippen LogP contribution in [0.15, 0.2) is 34.9 Å². The molecule has 5 nitrogen and oxygen atoms in total. The minimum atomic E-state index is -0.509. The van der Waals surface area contributed by atoms with Crippen molar-refractivity contribution in [2.75, 3.05) is 5.32 Å². The number of benzene rings is 1. The van der Waals surface area contributed by atoms with Gasteiger partial charge in [-0.2, -0.15) is 0 Å². The molecule has 0 spiro atoms. The number of carbonyl (C=O) groups is 1. The Kier molecular flexibility index (Phi) is 4.70. The third-order valence-corrected chi connectivity index (χ3v) is 3.14. The standard InChI is InChI=1S/C15H18FN3O2/c1-9-8-14(21-19-9)18-15(20)11(3)17-10(2)12-6-4-5-7-13(12)16/h4-8,10-11,17H,1-3H3,(H,18,20)/t10-,11-/m0/s1. The Balaban J connectivity index is 1.96. The Bertz CT molecular complexity index is 627. The molecule has 0 aliphatic heterocycles. The highest BCUT2D eigenvalue weighted by Crippen LogP contribution is 2.17. The quantitative estimate of drug-likeness (QED) is 0.889. The number of halogens is 1. The number of hydrogen-bond acceptors (Lipinski definition) is 4. The Labute approximate surface area is 122 Å². The molecule has 0 aliphatic rings. The first kappa shape index (κ1) is 15.2. The summed E-state index contributed by atoms with van der Waals surface area (Å²) in [6.45, 7) is 5.28. The van der Waals surface area contributed by atoms with E-state index in [0.29, 0.717) is 17.1 Å². The number of nitrogens with zero attached hydrogens (tertiary/aromatic N) is 1. The van der Waals surface area contributed by atoms with E-state index in [9.17, 15) is 9.18 Å². The van der Waals surface area contributed by atoms with Gasteiger partial charge in [0.2, 0.25) is 11.8 Å². The van der Waals surface area contributed by atoms with Crippen LogP contribution >= 0.6 is 0 Å². The van der Waals surface area contributed by atoms with E-state index in [1.807, 2.05) is 0 Å². The van der Waals surface area contributed by atoms with Gasteiger partial charge in [-0.15, -0.1) is 0 Å². The summed E-state index contributed by atoms with van der Waals surface area (Å²) in [4.78, 5) is 12.0. The van der Waals surface area contributed by atoms with Crippen molar-refractivity contribution in [1.29, 1.82) is 0 Å². The Hall–Kier alpha value is -2.21. The molecule has 0 unspecified atom stereocenters. The molecule has 2 N–H and O–H groups in total. The molecule has 0 fully saturated rings. The van der Waals surface area contributed by atoms with Crippen LogP contribution in [0.2, 0.25) is 0 Å². The van der Waals surface area contributed by atoms with E-state index in [4.69, 9.17) is 4.52 Å². The van der Waals surface area contributed by atoms with Crippen LogP contribution < -0.4 is 10.6 Å². The number of nitrogens with one attached hydrogen (secondary N) is 2. The van der Waals surface area contributed by atoms with Gasteiger partial charge in [0.05, 0.1) is 11.7 Å². The smallest absolute Gasteiger partial charge is 0.243 e. The molecular weight excluding hydrogens is 273 g/mol. The molecule has 1 aromatic carbocycles. The maximum Gasteiger partial charge on any atom is 0.243 e. The largest absolute Gasteiger partial charge is 0.338 e. The summed E-state index contributed by atoms with van der Waals surface area (Å²) in [6, 6.07) is 7.32. The number of anilines is 1. The van der Waals surface area contributed by atoms with Gasteiger partial charge >= 0.3 is 0 Å². The van der Waals surface area contributed by atoms with Crippen molar-refractivity contribution in [3.8, 4) is 0 Å². The molecule has 1 heterocycles. The number of amides is 1. The third-order valence-electron chi connectivity index (χ3n) is 3.14. The highest BCUT2D eigenvalue weighted by Gasteiger charge is 2.19. The summed E-state index contributed by atoms with van der Waals surface area (Å²) in [5.41, 5.74) is 1.21. The van der Waals surface area contributed by atoms with Crippen molar-refractivity contribution in [2.24, 2.45) is 0 Å². The summed E-state index contributed by atoms with van der Waals surface area (Å²) in [5.74, 6) is -0.269. The normalized spacial score (nSPS) is 13.7. The molecular formula is C15H18FN3O2. The van der Waals surface area contributed by atoms with Gasteiger partial charge in [0.15, 0.2) is 0 Å². The topological polar surface area (TPSA) is 67.2 Å². The lowest BCUT2D eigenvalue weighted by molar-refractivity contribution is -0.118. The zero-order chi connectivity index (χ0) is 15.4. The van der Waals surface area contributed by atoms with E-state index in [1.54, 1.807) is 45.0 Å². The van der Waals surface area contributed by atoms with Crippen molar-refractivity contribution in [3.05, 3.63) is 47.4 Å². The summed E-state index contributed by atoms with van der Waals surface area (Å²) >= 11 is 0. The van der Waals surface area contributed by atoms with E-state index < -0.39 is 6.04 Å². The molecule has 0 aliphatic carbocycles. The zero-order valence-corrected chi connectivity index (χ0v) is 12.2. The van der Waals surface area contributed by atoms with Crippen LogP contribution in [0.5, 0.6) is 0 Å². The van der Waals surface area contributed by atoms with E-state index in [0.717, 1.165) is 0 Å². The fourth-order valence-electron chi connectivity index (χ4n) is 2.02. The fraction of sp³-hybridized carbons (Fsp3) is 0.333. The van der Waals surface area contributed by atoms with Crippen molar-refractivity contribution < 1.29 is 13.7 Å². The second-order valence-electron chi connectivity index (χ2n) is 4.95. The SMILES string of the molecule is Cc1cc(NC(=O)[C@H](C)N[C@@H](C)c2ccccc2F)on1. The molecule has 0 saturated heterocycles. The maximum absolute atomic E-state index is 13.7. The van der Waals surface area contributed by atoms with Crippen molar-refractivity contribution in [2.45, 2.75) is 32.9 Å². The third kappa shape index (κ3) is 3.88. The minimum Gasteiger partial charge on any atom is -0.338 e. The van der Waals surface area contributed by atoms with Crippen LogP contribution in [0.3, 0.4) is 0 Å². The first-order valence-corrected chi connectivity index (χ1v) is 6.72. The zero-order valence-electron chi connectivity index (χ0n) is 12.2. The van der Waals surface area contributed by atoms with Crippen LogP contribution in [-0.4, -0.2) is 17.1 Å². The van der Waals surface area contributed by atoms with Gasteiger partial charge in [0, 0.05) is 17.7 Å². The highest BCUT2D eigenvalue weighted by molar-refractivity contribution is 5.93. The number of aromatic nitrogens is 1. The van der Waals surface area contributed by atoms with Gasteiger partial charge in [-0.3, -0.25) is 15.4 Å². The van der Waals surface area contributed by atoms with E-state index in [1.165, 1.54) is 6.07 Å². The molecule has 0 saturated carbocycles. The van der Waals surface area contributed by atoms with Crippen LogP contribution in [0.4, 0.5) is 10.3 Å². The summed E-state index contributed by atoms with van der Waals surface area (Å²) in [5, 5.41) is 9.35. The Morgan fingerprint density at radius 3 is 2.67 bits per heavy atom. The molecule has 2 atom stereocenters. The molecule has 1 amide bonds. The summed E-state index contributed by atoms with van der Waals surface area (Å²) in [7, 11) is 0. The average molecular weight is 291 g/mol. The molecule has 21 heavy (non-hydrogen) atoms. The monoisotopic (exact) mass is 291 g/mol. The number of carbonyl (C=O) groups excluding carboxylic acids is 1. The van der Waals surface area contributed by atoms with Crippen LogP contribution in [0.25, 0.3) is 0 Å². The van der Waals surface area contributed by atoms with Gasteiger partial charge in [-0.25, -0.2) is 4.39 Å². The van der Waals surface area contributed by atoms with Gasteiger partial charge in [-0.05, 0) is 26.8 Å². The molecule has 6 heteroatoms.